The number of hydrogen-bond donors (Lipinski definition) is 1. The van der Waals surface area contributed by atoms with Crippen LogP contribution >= 0.6 is 34.8 Å². The number of aromatic nitrogens is 1. The van der Waals surface area contributed by atoms with Gasteiger partial charge in [0.05, 0.1) is 5.69 Å². The summed E-state index contributed by atoms with van der Waals surface area (Å²) in [4.78, 5) is 25.7. The van der Waals surface area contributed by atoms with Gasteiger partial charge < -0.3 is 5.73 Å². The van der Waals surface area contributed by atoms with Gasteiger partial charge in [-0.25, -0.2) is 0 Å². The predicted octanol–water partition coefficient (Wildman–Crippen LogP) is 5.43. The Labute approximate surface area is 165 Å². The van der Waals surface area contributed by atoms with E-state index in [0.717, 1.165) is 16.9 Å². The van der Waals surface area contributed by atoms with Gasteiger partial charge in [-0.05, 0) is 65.7 Å². The molecule has 1 heterocycles. The molecule has 4 nitrogen and oxygen atoms in total. The monoisotopic (exact) mass is 406 g/mol. The number of nitrogens with two attached hydrogens (primary N) is 1. The largest absolute Gasteiger partial charge is 0.399 e. The van der Waals surface area contributed by atoms with Gasteiger partial charge in [-0.1, -0.05) is 29.8 Å². The van der Waals surface area contributed by atoms with Crippen molar-refractivity contribution in [2.24, 2.45) is 0 Å². The molecular formula is C19H13Cl3N2O2. The van der Waals surface area contributed by atoms with E-state index in [1.165, 1.54) is 18.2 Å². The van der Waals surface area contributed by atoms with Gasteiger partial charge in [0.1, 0.15) is 0 Å². The van der Waals surface area contributed by atoms with Crippen molar-refractivity contribution in [3.05, 3.63) is 83.0 Å². The number of anilines is 1. The summed E-state index contributed by atoms with van der Waals surface area (Å²) in [5, 5.41) is -1.11. The Kier molecular flexibility index (Phi) is 7.16. The quantitative estimate of drug-likeness (QED) is 0.464. The molecule has 132 valence electrons. The fourth-order valence-electron chi connectivity index (χ4n) is 2.00. The molecule has 0 spiro atoms. The molecule has 26 heavy (non-hydrogen) atoms. The highest BCUT2D eigenvalue weighted by Gasteiger charge is 2.08. The number of pyridine rings is 1. The zero-order chi connectivity index (χ0) is 19.1. The molecule has 0 unspecified atom stereocenters. The summed E-state index contributed by atoms with van der Waals surface area (Å²) < 4.78 is 0. The smallest absolute Gasteiger partial charge is 0.252 e. The Bertz CT molecular complexity index is 882. The van der Waals surface area contributed by atoms with E-state index in [1.807, 2.05) is 42.5 Å². The second kappa shape index (κ2) is 9.34. The number of benzene rings is 2. The minimum Gasteiger partial charge on any atom is -0.399 e. The maximum atomic E-state index is 10.7. The van der Waals surface area contributed by atoms with Gasteiger partial charge in [0, 0.05) is 33.6 Å². The highest BCUT2D eigenvalue weighted by atomic mass is 35.5. The van der Waals surface area contributed by atoms with Crippen LogP contribution in [0.2, 0.25) is 5.02 Å². The highest BCUT2D eigenvalue weighted by molar-refractivity contribution is 6.69. The molecule has 3 aromatic rings. The fraction of sp³-hybridized carbons (Fsp3) is 0. The molecule has 0 aliphatic heterocycles. The Hall–Kier alpha value is -2.40. The third kappa shape index (κ3) is 5.85. The molecule has 0 atom stereocenters. The van der Waals surface area contributed by atoms with Crippen LogP contribution in [0.3, 0.4) is 0 Å². The normalized spacial score (nSPS) is 9.81. The molecule has 3 rings (SSSR count). The van der Waals surface area contributed by atoms with Gasteiger partial charge in [-0.15, -0.1) is 0 Å². The average Bonchev–Trinajstić information content (AvgIpc) is 2.63. The van der Waals surface area contributed by atoms with E-state index in [-0.39, 0.29) is 16.1 Å². The Morgan fingerprint density at radius 2 is 1.42 bits per heavy atom. The van der Waals surface area contributed by atoms with Crippen LogP contribution in [0, 0.1) is 0 Å². The predicted molar refractivity (Wildman–Crippen MR) is 106 cm³/mol. The number of nitrogen functional groups attached to an aromatic ring is 1. The van der Waals surface area contributed by atoms with Crippen molar-refractivity contribution in [3.63, 3.8) is 0 Å². The summed E-state index contributed by atoms with van der Waals surface area (Å²) in [6.07, 6.45) is 1.78. The van der Waals surface area contributed by atoms with Gasteiger partial charge >= 0.3 is 0 Å². The van der Waals surface area contributed by atoms with Crippen LogP contribution in [0.25, 0.3) is 11.3 Å². The highest BCUT2D eigenvalue weighted by Crippen LogP contribution is 2.18. The molecule has 0 aliphatic carbocycles. The zero-order valence-electron chi connectivity index (χ0n) is 13.3. The molecule has 0 bridgehead atoms. The molecule has 0 radical (unpaired) electrons. The second-order valence-electron chi connectivity index (χ2n) is 5.11. The lowest BCUT2D eigenvalue weighted by Gasteiger charge is -1.99. The minimum atomic E-state index is -0.679. The van der Waals surface area contributed by atoms with E-state index < -0.39 is 10.5 Å². The zero-order valence-corrected chi connectivity index (χ0v) is 15.6. The number of rotatable bonds is 3. The van der Waals surface area contributed by atoms with E-state index in [1.54, 1.807) is 6.20 Å². The number of nitrogens with zero attached hydrogens (tertiary/aromatic N) is 1. The fourth-order valence-corrected chi connectivity index (χ4v) is 2.46. The first-order valence-corrected chi connectivity index (χ1v) is 8.47. The average molecular weight is 408 g/mol. The van der Waals surface area contributed by atoms with Gasteiger partial charge in [0.2, 0.25) is 0 Å². The lowest BCUT2D eigenvalue weighted by atomic mass is 10.1. The Morgan fingerprint density at radius 1 is 0.846 bits per heavy atom. The van der Waals surface area contributed by atoms with Crippen molar-refractivity contribution in [2.45, 2.75) is 0 Å². The lowest BCUT2D eigenvalue weighted by molar-refractivity contribution is 0.108. The third-order valence-corrected chi connectivity index (χ3v) is 3.88. The molecule has 2 aromatic carbocycles. The van der Waals surface area contributed by atoms with Crippen molar-refractivity contribution < 1.29 is 9.59 Å². The van der Waals surface area contributed by atoms with Crippen LogP contribution in [0.4, 0.5) is 5.69 Å². The first-order chi connectivity index (χ1) is 12.4. The molecule has 7 heteroatoms. The van der Waals surface area contributed by atoms with Crippen LogP contribution in [-0.2, 0) is 0 Å². The molecule has 0 saturated carbocycles. The number of carbonyl (C=O) groups excluding carboxylic acids is 2. The van der Waals surface area contributed by atoms with E-state index in [9.17, 15) is 9.59 Å². The second-order valence-corrected chi connectivity index (χ2v) is 6.24. The Morgan fingerprint density at radius 3 is 1.88 bits per heavy atom. The molecule has 1 aromatic heterocycles. The van der Waals surface area contributed by atoms with E-state index >= 15 is 0 Å². The van der Waals surface area contributed by atoms with E-state index in [2.05, 4.69) is 4.98 Å². The summed E-state index contributed by atoms with van der Waals surface area (Å²) in [5.41, 5.74) is 8.73. The molecule has 0 fully saturated rings. The third-order valence-electron chi connectivity index (χ3n) is 3.22. The molecule has 0 saturated heterocycles. The first kappa shape index (κ1) is 19.9. The van der Waals surface area contributed by atoms with Crippen LogP contribution < -0.4 is 5.73 Å². The lowest BCUT2D eigenvalue weighted by Crippen LogP contribution is -1.94. The summed E-state index contributed by atoms with van der Waals surface area (Å²) in [7, 11) is 0. The summed E-state index contributed by atoms with van der Waals surface area (Å²) in [6.45, 7) is 0. The minimum absolute atomic E-state index is 0.151. The van der Waals surface area contributed by atoms with Crippen molar-refractivity contribution in [1.29, 1.82) is 0 Å². The maximum absolute atomic E-state index is 10.7. The van der Waals surface area contributed by atoms with Crippen LogP contribution in [0.5, 0.6) is 0 Å². The van der Waals surface area contributed by atoms with Crippen molar-refractivity contribution in [1.82, 2.24) is 4.98 Å². The SMILES string of the molecule is Nc1ccc(-c2ccccn2)cc1.O=C(Cl)c1cc(Cl)cc(C(=O)Cl)c1. The topological polar surface area (TPSA) is 73.0 Å². The van der Waals surface area contributed by atoms with Crippen LogP contribution in [-0.4, -0.2) is 15.5 Å². The standard InChI is InChI=1S/C11H10N2.C8H3Cl3O2/c12-10-6-4-9(5-7-10)11-3-1-2-8-13-11;9-6-2-4(7(10)12)1-5(3-6)8(11)13/h1-8H,12H2;1-3H. The van der Waals surface area contributed by atoms with Crippen molar-refractivity contribution in [3.8, 4) is 11.3 Å². The molecule has 0 amide bonds. The number of carbonyl (C=O) groups is 2. The van der Waals surface area contributed by atoms with E-state index in [4.69, 9.17) is 40.5 Å². The first-order valence-electron chi connectivity index (χ1n) is 7.34. The van der Waals surface area contributed by atoms with Gasteiger partial charge in [0.15, 0.2) is 0 Å². The number of halogens is 3. The maximum Gasteiger partial charge on any atom is 0.252 e. The van der Waals surface area contributed by atoms with Gasteiger partial charge in [-0.3, -0.25) is 14.6 Å². The van der Waals surface area contributed by atoms with E-state index in [0.29, 0.717) is 0 Å². The van der Waals surface area contributed by atoms with Crippen LogP contribution in [0.1, 0.15) is 20.7 Å². The van der Waals surface area contributed by atoms with Crippen molar-refractivity contribution >= 4 is 51.0 Å². The summed E-state index contributed by atoms with van der Waals surface area (Å²) in [5.74, 6) is 0. The molecule has 2 N–H and O–H groups in total. The van der Waals surface area contributed by atoms with Gasteiger partial charge in [-0.2, -0.15) is 0 Å². The molecular weight excluding hydrogens is 395 g/mol. The summed E-state index contributed by atoms with van der Waals surface area (Å²) >= 11 is 16.0. The van der Waals surface area contributed by atoms with Gasteiger partial charge in [0.25, 0.3) is 10.5 Å². The van der Waals surface area contributed by atoms with Crippen LogP contribution in [0.15, 0.2) is 66.9 Å². The Balaban J connectivity index is 0.000000187. The van der Waals surface area contributed by atoms with Crippen molar-refractivity contribution in [2.75, 3.05) is 5.73 Å². The number of hydrogen-bond acceptors (Lipinski definition) is 4. The summed E-state index contributed by atoms with van der Waals surface area (Å²) in [6, 6.07) is 17.6. The molecule has 0 aliphatic rings.